The van der Waals surface area contributed by atoms with Gasteiger partial charge in [0.2, 0.25) is 5.91 Å². The smallest absolute Gasteiger partial charge is 0.223 e. The Kier molecular flexibility index (Phi) is 6.38. The minimum Gasteiger partial charge on any atom is -0.354 e. The van der Waals surface area contributed by atoms with Crippen molar-refractivity contribution >= 4 is 38.4 Å². The van der Waals surface area contributed by atoms with E-state index in [1.165, 1.54) is 22.7 Å². The molecule has 0 spiro atoms. The Balaban J connectivity index is 2.22. The zero-order valence-electron chi connectivity index (χ0n) is 13.2. The molecule has 1 atom stereocenters. The summed E-state index contributed by atoms with van der Waals surface area (Å²) in [5.74, 6) is -0.138. The minimum absolute atomic E-state index is 0.0663. The number of carbonyl (C=O) groups is 1. The van der Waals surface area contributed by atoms with Crippen LogP contribution in [0.1, 0.15) is 36.8 Å². The highest BCUT2D eigenvalue weighted by Gasteiger charge is 2.31. The summed E-state index contributed by atoms with van der Waals surface area (Å²) < 4.78 is 26.1. The number of sulfone groups is 1. The van der Waals surface area contributed by atoms with Gasteiger partial charge in [0, 0.05) is 17.3 Å². The predicted molar refractivity (Wildman–Crippen MR) is 95.6 cm³/mol. The molecule has 126 valence electrons. The molecule has 1 amide bonds. The summed E-state index contributed by atoms with van der Waals surface area (Å²) in [4.78, 5) is 12.9. The fourth-order valence-corrected chi connectivity index (χ4v) is 6.39. The first kappa shape index (κ1) is 18.2. The summed E-state index contributed by atoms with van der Waals surface area (Å²) in [6.07, 6.45) is 1.51. The second kappa shape index (κ2) is 8.08. The number of rotatable bonds is 8. The molecular weight excluding hydrogens is 350 g/mol. The topological polar surface area (TPSA) is 63.2 Å². The SMILES string of the molecule is CCC(CC)C(=O)NCC(c1cccs1)S(=O)(=O)c1cccs1. The van der Waals surface area contributed by atoms with E-state index in [1.54, 1.807) is 17.5 Å². The molecule has 1 unspecified atom stereocenters. The van der Waals surface area contributed by atoms with Crippen molar-refractivity contribution < 1.29 is 13.2 Å². The van der Waals surface area contributed by atoms with Gasteiger partial charge >= 0.3 is 0 Å². The molecule has 0 saturated heterocycles. The van der Waals surface area contributed by atoms with Gasteiger partial charge < -0.3 is 5.32 Å². The maximum Gasteiger partial charge on any atom is 0.223 e. The number of nitrogens with one attached hydrogen (secondary N) is 1. The molecule has 2 aromatic rings. The van der Waals surface area contributed by atoms with Crippen molar-refractivity contribution in [2.75, 3.05) is 6.54 Å². The molecule has 0 bridgehead atoms. The van der Waals surface area contributed by atoms with Crippen molar-refractivity contribution in [2.45, 2.75) is 36.1 Å². The average Bonchev–Trinajstić information content (AvgIpc) is 3.22. The first-order chi connectivity index (χ1) is 11.0. The number of hydrogen-bond donors (Lipinski definition) is 1. The van der Waals surface area contributed by atoms with Crippen LogP contribution in [0.25, 0.3) is 0 Å². The molecule has 0 fully saturated rings. The van der Waals surface area contributed by atoms with Crippen LogP contribution in [0.15, 0.2) is 39.2 Å². The van der Waals surface area contributed by atoms with Crippen molar-refractivity contribution in [1.82, 2.24) is 5.32 Å². The van der Waals surface area contributed by atoms with E-state index in [4.69, 9.17) is 0 Å². The molecule has 2 rings (SSSR count). The van der Waals surface area contributed by atoms with E-state index in [2.05, 4.69) is 5.32 Å². The van der Waals surface area contributed by atoms with Crippen molar-refractivity contribution in [3.05, 3.63) is 39.9 Å². The lowest BCUT2D eigenvalue weighted by molar-refractivity contribution is -0.125. The average molecular weight is 372 g/mol. The second-order valence-electron chi connectivity index (χ2n) is 5.24. The number of thiophene rings is 2. The van der Waals surface area contributed by atoms with E-state index in [0.717, 1.165) is 17.7 Å². The molecule has 4 nitrogen and oxygen atoms in total. The molecule has 2 heterocycles. The molecule has 2 aromatic heterocycles. The summed E-state index contributed by atoms with van der Waals surface area (Å²) in [6, 6.07) is 6.98. The molecule has 0 saturated carbocycles. The van der Waals surface area contributed by atoms with Crippen molar-refractivity contribution in [3.63, 3.8) is 0 Å². The van der Waals surface area contributed by atoms with Crippen LogP contribution in [0.4, 0.5) is 0 Å². The fourth-order valence-electron chi connectivity index (χ4n) is 2.40. The van der Waals surface area contributed by atoms with E-state index in [9.17, 15) is 13.2 Å². The lowest BCUT2D eigenvalue weighted by Crippen LogP contribution is -2.35. The van der Waals surface area contributed by atoms with E-state index in [0.29, 0.717) is 4.21 Å². The number of carbonyl (C=O) groups excluding carboxylic acids is 1. The van der Waals surface area contributed by atoms with Gasteiger partial charge in [-0.1, -0.05) is 26.0 Å². The highest BCUT2D eigenvalue weighted by molar-refractivity contribution is 7.93. The molecule has 7 heteroatoms. The monoisotopic (exact) mass is 371 g/mol. The van der Waals surface area contributed by atoms with Crippen LogP contribution >= 0.6 is 22.7 Å². The molecule has 23 heavy (non-hydrogen) atoms. The van der Waals surface area contributed by atoms with Gasteiger partial charge in [0.1, 0.15) is 9.46 Å². The normalized spacial score (nSPS) is 13.2. The summed E-state index contributed by atoms with van der Waals surface area (Å²) in [5, 5.41) is 5.70. The van der Waals surface area contributed by atoms with Crippen molar-refractivity contribution in [1.29, 1.82) is 0 Å². The van der Waals surface area contributed by atoms with Crippen LogP contribution in [0.5, 0.6) is 0 Å². The van der Waals surface area contributed by atoms with Gasteiger partial charge in [0.05, 0.1) is 0 Å². The van der Waals surface area contributed by atoms with E-state index in [1.807, 2.05) is 31.4 Å². The molecular formula is C16H21NO3S3. The molecule has 0 radical (unpaired) electrons. The van der Waals surface area contributed by atoms with Gasteiger partial charge in [-0.15, -0.1) is 22.7 Å². The van der Waals surface area contributed by atoms with E-state index in [-0.39, 0.29) is 18.4 Å². The Morgan fingerprint density at radius 1 is 1.13 bits per heavy atom. The second-order valence-corrected chi connectivity index (χ2v) is 9.52. The third-order valence-corrected chi connectivity index (χ3v) is 8.48. The third-order valence-electron chi connectivity index (χ3n) is 3.83. The quantitative estimate of drug-likeness (QED) is 0.766. The van der Waals surface area contributed by atoms with E-state index < -0.39 is 15.1 Å². The predicted octanol–water partition coefficient (Wildman–Crippen LogP) is 3.88. The van der Waals surface area contributed by atoms with Gasteiger partial charge in [-0.25, -0.2) is 8.42 Å². The highest BCUT2D eigenvalue weighted by atomic mass is 32.2. The van der Waals surface area contributed by atoms with Gasteiger partial charge in [0.15, 0.2) is 9.84 Å². The maximum absolute atomic E-state index is 12.9. The Morgan fingerprint density at radius 3 is 2.30 bits per heavy atom. The van der Waals surface area contributed by atoms with Crippen LogP contribution in [0.3, 0.4) is 0 Å². The Morgan fingerprint density at radius 2 is 1.78 bits per heavy atom. The number of hydrogen-bond acceptors (Lipinski definition) is 5. The van der Waals surface area contributed by atoms with Crippen LogP contribution in [-0.4, -0.2) is 20.9 Å². The largest absolute Gasteiger partial charge is 0.354 e. The minimum atomic E-state index is -3.50. The summed E-state index contributed by atoms with van der Waals surface area (Å²) in [6.45, 7) is 4.04. The van der Waals surface area contributed by atoms with Crippen molar-refractivity contribution in [3.8, 4) is 0 Å². The first-order valence-electron chi connectivity index (χ1n) is 7.59. The molecule has 0 aliphatic heterocycles. The molecule has 0 aliphatic carbocycles. The van der Waals surface area contributed by atoms with Gasteiger partial charge in [-0.05, 0) is 35.7 Å². The lowest BCUT2D eigenvalue weighted by Gasteiger charge is -2.18. The van der Waals surface area contributed by atoms with Gasteiger partial charge in [-0.3, -0.25) is 4.79 Å². The highest BCUT2D eigenvalue weighted by Crippen LogP contribution is 2.33. The summed E-state index contributed by atoms with van der Waals surface area (Å²) >= 11 is 2.61. The molecule has 1 N–H and O–H groups in total. The summed E-state index contributed by atoms with van der Waals surface area (Å²) in [7, 11) is -3.50. The van der Waals surface area contributed by atoms with E-state index >= 15 is 0 Å². The Labute approximate surface area is 145 Å². The van der Waals surface area contributed by atoms with Crippen LogP contribution in [0.2, 0.25) is 0 Å². The van der Waals surface area contributed by atoms with Gasteiger partial charge in [0.25, 0.3) is 0 Å². The first-order valence-corrected chi connectivity index (χ1v) is 10.9. The Bertz CT molecular complexity index is 702. The third kappa shape index (κ3) is 4.22. The van der Waals surface area contributed by atoms with Crippen LogP contribution < -0.4 is 5.32 Å². The summed E-state index contributed by atoms with van der Waals surface area (Å²) in [5.41, 5.74) is 0. The van der Waals surface area contributed by atoms with Crippen molar-refractivity contribution in [2.24, 2.45) is 5.92 Å². The fraction of sp³-hybridized carbons (Fsp3) is 0.438. The standard InChI is InChI=1S/C16H21NO3S3/c1-3-12(4-2)16(18)17-11-14(13-7-5-9-21-13)23(19,20)15-8-6-10-22-15/h5-10,12,14H,3-4,11H2,1-2H3,(H,17,18). The lowest BCUT2D eigenvalue weighted by atomic mass is 10.0. The molecule has 0 aliphatic rings. The molecule has 0 aromatic carbocycles. The Hall–Kier alpha value is -1.18. The van der Waals surface area contributed by atoms with Crippen LogP contribution in [0, 0.1) is 5.92 Å². The maximum atomic E-state index is 12.9. The zero-order chi connectivity index (χ0) is 16.9. The van der Waals surface area contributed by atoms with Crippen LogP contribution in [-0.2, 0) is 14.6 Å². The van der Waals surface area contributed by atoms with Gasteiger partial charge in [-0.2, -0.15) is 0 Å². The zero-order valence-corrected chi connectivity index (χ0v) is 15.6. The number of amides is 1.